The van der Waals surface area contributed by atoms with Crippen molar-refractivity contribution >= 4 is 0 Å². The van der Waals surface area contributed by atoms with Gasteiger partial charge in [0.15, 0.2) is 0 Å². The van der Waals surface area contributed by atoms with Gasteiger partial charge in [-0.15, -0.1) is 0 Å². The van der Waals surface area contributed by atoms with Gasteiger partial charge < -0.3 is 10.8 Å². The van der Waals surface area contributed by atoms with Crippen LogP contribution >= 0.6 is 0 Å². The number of nitrogens with two attached hydrogens (primary N) is 1. The normalized spacial score (nSPS) is 18.8. The molecule has 4 atom stereocenters. The lowest BCUT2D eigenvalue weighted by Gasteiger charge is -2.35. The molecule has 4 unspecified atom stereocenters. The summed E-state index contributed by atoms with van der Waals surface area (Å²) in [6.45, 7) is 18.8. The zero-order valence-electron chi connectivity index (χ0n) is 18.7. The van der Waals surface area contributed by atoms with E-state index in [9.17, 15) is 5.11 Å². The Labute approximate surface area is 159 Å². The van der Waals surface area contributed by atoms with Gasteiger partial charge in [0.2, 0.25) is 0 Å². The minimum Gasteiger partial charge on any atom is -0.396 e. The molecule has 0 amide bonds. The number of hydrogen-bond donors (Lipinski definition) is 2. The lowest BCUT2D eigenvalue weighted by atomic mass is 9.73. The van der Waals surface area contributed by atoms with Crippen molar-refractivity contribution in [3.8, 4) is 0 Å². The summed E-state index contributed by atoms with van der Waals surface area (Å²) in [6, 6.07) is 0. The zero-order chi connectivity index (χ0) is 19.7. The molecule has 0 heterocycles. The summed E-state index contributed by atoms with van der Waals surface area (Å²) in [7, 11) is 0. The van der Waals surface area contributed by atoms with Gasteiger partial charge in [-0.05, 0) is 74.5 Å². The van der Waals surface area contributed by atoms with E-state index in [1.165, 1.54) is 32.1 Å². The van der Waals surface area contributed by atoms with Crippen molar-refractivity contribution in [2.24, 2.45) is 34.8 Å². The van der Waals surface area contributed by atoms with Crippen LogP contribution in [0, 0.1) is 29.1 Å². The maximum absolute atomic E-state index is 9.46. The van der Waals surface area contributed by atoms with Gasteiger partial charge in [0.25, 0.3) is 0 Å². The van der Waals surface area contributed by atoms with Crippen LogP contribution in [0.3, 0.4) is 0 Å². The lowest BCUT2D eigenvalue weighted by Crippen LogP contribution is -2.41. The Kier molecular flexibility index (Phi) is 11.6. The van der Waals surface area contributed by atoms with E-state index in [1.807, 2.05) is 0 Å². The molecule has 0 radical (unpaired) electrons. The van der Waals surface area contributed by atoms with Crippen molar-refractivity contribution in [3.63, 3.8) is 0 Å². The van der Waals surface area contributed by atoms with E-state index >= 15 is 0 Å². The minimum atomic E-state index is -0.164. The molecule has 0 spiro atoms. The Balaban J connectivity index is 4.47. The molecule has 0 aliphatic rings. The summed E-state index contributed by atoms with van der Waals surface area (Å²) in [5, 5.41) is 9.46. The third kappa shape index (κ3) is 12.0. The summed E-state index contributed by atoms with van der Waals surface area (Å²) in [6.07, 6.45) is 9.58. The first-order valence-electron chi connectivity index (χ1n) is 10.8. The average molecular weight is 356 g/mol. The highest BCUT2D eigenvalue weighted by atomic mass is 16.3. The van der Waals surface area contributed by atoms with Crippen LogP contribution in [0.2, 0.25) is 0 Å². The summed E-state index contributed by atoms with van der Waals surface area (Å²) >= 11 is 0. The Bertz CT molecular complexity index is 331. The van der Waals surface area contributed by atoms with E-state index in [1.54, 1.807) is 0 Å². The molecule has 0 bridgehead atoms. The second-order valence-electron chi connectivity index (χ2n) is 10.4. The van der Waals surface area contributed by atoms with E-state index in [-0.39, 0.29) is 12.1 Å². The molecule has 2 nitrogen and oxygen atoms in total. The Morgan fingerprint density at radius 2 is 1.44 bits per heavy atom. The second kappa shape index (κ2) is 11.6. The highest BCUT2D eigenvalue weighted by Crippen LogP contribution is 2.36. The molecule has 0 aliphatic heterocycles. The highest BCUT2D eigenvalue weighted by molar-refractivity contribution is 4.85. The van der Waals surface area contributed by atoms with Gasteiger partial charge >= 0.3 is 0 Å². The summed E-state index contributed by atoms with van der Waals surface area (Å²) in [4.78, 5) is 0. The predicted molar refractivity (Wildman–Crippen MR) is 113 cm³/mol. The van der Waals surface area contributed by atoms with Crippen molar-refractivity contribution in [2.75, 3.05) is 6.61 Å². The fourth-order valence-corrected chi connectivity index (χ4v) is 4.74. The molecule has 3 N–H and O–H groups in total. The van der Waals surface area contributed by atoms with Gasteiger partial charge in [-0.2, -0.15) is 0 Å². The molecule has 152 valence electrons. The quantitative estimate of drug-likeness (QED) is 0.378. The maximum atomic E-state index is 9.46. The van der Waals surface area contributed by atoms with Gasteiger partial charge in [0, 0.05) is 12.1 Å². The largest absolute Gasteiger partial charge is 0.396 e. The van der Waals surface area contributed by atoms with Crippen LogP contribution < -0.4 is 5.73 Å². The number of aliphatic hydroxyl groups is 1. The van der Waals surface area contributed by atoms with Crippen LogP contribution in [0.25, 0.3) is 0 Å². The van der Waals surface area contributed by atoms with E-state index in [0.29, 0.717) is 17.3 Å². The van der Waals surface area contributed by atoms with Crippen LogP contribution in [0.5, 0.6) is 0 Å². The number of hydrogen-bond acceptors (Lipinski definition) is 2. The fourth-order valence-electron chi connectivity index (χ4n) is 4.74. The van der Waals surface area contributed by atoms with Crippen LogP contribution in [0.4, 0.5) is 0 Å². The van der Waals surface area contributed by atoms with Crippen molar-refractivity contribution in [3.05, 3.63) is 0 Å². The van der Waals surface area contributed by atoms with Crippen LogP contribution in [0.15, 0.2) is 0 Å². The summed E-state index contributed by atoms with van der Waals surface area (Å²) in [5.74, 6) is 2.66. The molecule has 0 fully saturated rings. The SMILES string of the molecule is CCC(CCC(C)(C)CC(C)CC(C)(N)CC(CC)CO)CC(C)C. The first-order valence-corrected chi connectivity index (χ1v) is 10.8. The Morgan fingerprint density at radius 3 is 1.88 bits per heavy atom. The Hall–Kier alpha value is -0.0800. The van der Waals surface area contributed by atoms with Crippen LogP contribution in [-0.4, -0.2) is 17.3 Å². The number of aliphatic hydroxyl groups excluding tert-OH is 1. The fraction of sp³-hybridized carbons (Fsp3) is 1.00. The molecule has 25 heavy (non-hydrogen) atoms. The van der Waals surface area contributed by atoms with Crippen LogP contribution in [0.1, 0.15) is 107 Å². The van der Waals surface area contributed by atoms with Crippen molar-refractivity contribution in [1.82, 2.24) is 0 Å². The molecule has 0 rings (SSSR count). The first kappa shape index (κ1) is 24.9. The highest BCUT2D eigenvalue weighted by Gasteiger charge is 2.29. The topological polar surface area (TPSA) is 46.2 Å². The van der Waals surface area contributed by atoms with Crippen LogP contribution in [-0.2, 0) is 0 Å². The molecule has 0 saturated carbocycles. The van der Waals surface area contributed by atoms with Gasteiger partial charge in [0.1, 0.15) is 0 Å². The third-order valence-electron chi connectivity index (χ3n) is 5.92. The maximum Gasteiger partial charge on any atom is 0.0459 e. The molecular formula is C23H49NO. The molecule has 0 aromatic rings. The van der Waals surface area contributed by atoms with Gasteiger partial charge in [-0.1, -0.05) is 61.3 Å². The molecule has 0 aromatic heterocycles. The molecule has 0 saturated heterocycles. The van der Waals surface area contributed by atoms with Gasteiger partial charge in [0.05, 0.1) is 0 Å². The summed E-state index contributed by atoms with van der Waals surface area (Å²) < 4.78 is 0. The zero-order valence-corrected chi connectivity index (χ0v) is 18.7. The van der Waals surface area contributed by atoms with E-state index < -0.39 is 0 Å². The lowest BCUT2D eigenvalue weighted by molar-refractivity contribution is 0.163. The second-order valence-corrected chi connectivity index (χ2v) is 10.4. The minimum absolute atomic E-state index is 0.164. The monoisotopic (exact) mass is 355 g/mol. The Morgan fingerprint density at radius 1 is 0.880 bits per heavy atom. The smallest absolute Gasteiger partial charge is 0.0459 e. The summed E-state index contributed by atoms with van der Waals surface area (Å²) in [5.41, 5.74) is 6.80. The third-order valence-corrected chi connectivity index (χ3v) is 5.92. The standard InChI is InChI=1S/C23H49NO/c1-9-20(13-18(3)4)11-12-22(6,7)14-19(5)15-23(8,24)16-21(10-2)17-25/h18-21,25H,9-17,24H2,1-8H3. The first-order chi connectivity index (χ1) is 11.4. The van der Waals surface area contributed by atoms with Crippen molar-refractivity contribution < 1.29 is 5.11 Å². The van der Waals surface area contributed by atoms with Gasteiger partial charge in [-0.25, -0.2) is 0 Å². The molecular weight excluding hydrogens is 306 g/mol. The van der Waals surface area contributed by atoms with E-state index in [2.05, 4.69) is 55.4 Å². The molecule has 2 heteroatoms. The average Bonchev–Trinajstić information content (AvgIpc) is 2.47. The molecule has 0 aromatic carbocycles. The van der Waals surface area contributed by atoms with Crippen molar-refractivity contribution in [1.29, 1.82) is 0 Å². The van der Waals surface area contributed by atoms with E-state index in [4.69, 9.17) is 5.73 Å². The van der Waals surface area contributed by atoms with E-state index in [0.717, 1.165) is 31.1 Å². The number of rotatable bonds is 14. The van der Waals surface area contributed by atoms with Crippen molar-refractivity contribution in [2.45, 2.75) is 112 Å². The predicted octanol–water partition coefficient (Wildman–Crippen LogP) is 6.41. The molecule has 0 aliphatic carbocycles. The van der Waals surface area contributed by atoms with Gasteiger partial charge in [-0.3, -0.25) is 0 Å².